The minimum absolute atomic E-state index is 0.352. The molecule has 0 aliphatic carbocycles. The molecule has 21 heavy (non-hydrogen) atoms. The molecule has 6 heteroatoms. The number of urea groups is 1. The van der Waals surface area contributed by atoms with Crippen molar-refractivity contribution in [3.63, 3.8) is 0 Å². The quantitative estimate of drug-likeness (QED) is 0.640. The van der Waals surface area contributed by atoms with E-state index < -0.39 is 6.03 Å². The van der Waals surface area contributed by atoms with E-state index >= 15 is 0 Å². The average Bonchev–Trinajstić information content (AvgIpc) is 2.50. The number of amides is 2. The molecule has 2 rings (SSSR count). The van der Waals surface area contributed by atoms with Crippen molar-refractivity contribution >= 4 is 11.7 Å². The molecule has 0 saturated carbocycles. The molecule has 1 aromatic carbocycles. The zero-order valence-corrected chi connectivity index (χ0v) is 11.9. The van der Waals surface area contributed by atoms with Crippen LogP contribution in [0.5, 0.6) is 0 Å². The first-order valence-corrected chi connectivity index (χ1v) is 6.46. The van der Waals surface area contributed by atoms with E-state index in [1.807, 2.05) is 25.1 Å². The highest BCUT2D eigenvalue weighted by Gasteiger charge is 2.20. The predicted octanol–water partition coefficient (Wildman–Crippen LogP) is 3.13. The molecule has 0 N–H and O–H groups in total. The summed E-state index contributed by atoms with van der Waals surface area (Å²) in [6.45, 7) is 2.28. The van der Waals surface area contributed by atoms with Gasteiger partial charge in [0.05, 0.1) is 11.0 Å². The molecule has 0 atom stereocenters. The van der Waals surface area contributed by atoms with Crippen molar-refractivity contribution in [2.24, 2.45) is 5.29 Å². The van der Waals surface area contributed by atoms with Crippen molar-refractivity contribution < 1.29 is 4.79 Å². The number of nitroso groups, excluding NO2 is 1. The highest BCUT2D eigenvalue weighted by molar-refractivity contribution is 5.91. The van der Waals surface area contributed by atoms with E-state index in [2.05, 4.69) is 10.3 Å². The van der Waals surface area contributed by atoms with E-state index in [1.165, 1.54) is 4.90 Å². The number of aromatic nitrogens is 1. The summed E-state index contributed by atoms with van der Waals surface area (Å²) in [7, 11) is 1.61. The number of nitrogens with zero attached hydrogens (tertiary/aromatic N) is 4. The SMILES string of the molecule is Cc1ccc(N(N=O)C(=O)N(C)Cc2cccnc2)cc1. The van der Waals surface area contributed by atoms with Gasteiger partial charge in [0, 0.05) is 26.0 Å². The average molecular weight is 284 g/mol. The van der Waals surface area contributed by atoms with E-state index in [0.29, 0.717) is 12.2 Å². The number of aryl methyl sites for hydroxylation is 1. The van der Waals surface area contributed by atoms with Gasteiger partial charge in [0.25, 0.3) is 0 Å². The van der Waals surface area contributed by atoms with Gasteiger partial charge in [0.2, 0.25) is 0 Å². The molecule has 0 fully saturated rings. The first kappa shape index (κ1) is 14.6. The number of benzene rings is 1. The van der Waals surface area contributed by atoms with Crippen molar-refractivity contribution in [2.45, 2.75) is 13.5 Å². The molecular formula is C15H16N4O2. The lowest BCUT2D eigenvalue weighted by Gasteiger charge is -2.22. The molecule has 0 aliphatic heterocycles. The van der Waals surface area contributed by atoms with Crippen LogP contribution in [0, 0.1) is 11.8 Å². The van der Waals surface area contributed by atoms with Crippen LogP contribution in [0.1, 0.15) is 11.1 Å². The molecule has 2 aromatic rings. The van der Waals surface area contributed by atoms with E-state index in [-0.39, 0.29) is 0 Å². The first-order chi connectivity index (χ1) is 10.1. The minimum atomic E-state index is -0.488. The van der Waals surface area contributed by atoms with E-state index in [0.717, 1.165) is 16.1 Å². The van der Waals surface area contributed by atoms with Gasteiger partial charge < -0.3 is 4.90 Å². The summed E-state index contributed by atoms with van der Waals surface area (Å²) in [5.74, 6) is 0. The van der Waals surface area contributed by atoms with Gasteiger partial charge in [-0.15, -0.1) is 9.92 Å². The largest absolute Gasteiger partial charge is 0.347 e. The number of anilines is 1. The van der Waals surface area contributed by atoms with Crippen LogP contribution in [0.25, 0.3) is 0 Å². The molecule has 0 bridgehead atoms. The van der Waals surface area contributed by atoms with Gasteiger partial charge in [-0.25, -0.2) is 4.79 Å². The standard InChI is InChI=1S/C15H16N4O2/c1-12-5-7-14(8-6-12)19(17-21)15(20)18(2)11-13-4-3-9-16-10-13/h3-10H,11H2,1-2H3. The van der Waals surface area contributed by atoms with Crippen LogP contribution >= 0.6 is 0 Å². The fourth-order valence-corrected chi connectivity index (χ4v) is 1.87. The van der Waals surface area contributed by atoms with Gasteiger partial charge in [-0.1, -0.05) is 23.8 Å². The number of rotatable bonds is 4. The summed E-state index contributed by atoms with van der Waals surface area (Å²) in [6.07, 6.45) is 3.34. The molecule has 0 aliphatic rings. The Hall–Kier alpha value is -2.76. The van der Waals surface area contributed by atoms with Gasteiger partial charge in [-0.2, -0.15) is 0 Å². The summed E-state index contributed by atoms with van der Waals surface area (Å²) in [4.78, 5) is 28.7. The van der Waals surface area contributed by atoms with Crippen LogP contribution in [0.3, 0.4) is 0 Å². The molecule has 0 spiro atoms. The second-order valence-corrected chi connectivity index (χ2v) is 4.73. The van der Waals surface area contributed by atoms with Crippen molar-refractivity contribution in [1.29, 1.82) is 0 Å². The lowest BCUT2D eigenvalue weighted by atomic mass is 10.2. The Kier molecular flexibility index (Phi) is 4.61. The van der Waals surface area contributed by atoms with Gasteiger partial charge >= 0.3 is 6.03 Å². The maximum Gasteiger partial charge on any atom is 0.347 e. The fraction of sp³-hybridized carbons (Fsp3) is 0.200. The number of pyridine rings is 1. The van der Waals surface area contributed by atoms with Gasteiger partial charge in [0.15, 0.2) is 0 Å². The molecular weight excluding hydrogens is 268 g/mol. The van der Waals surface area contributed by atoms with Crippen LogP contribution in [0.15, 0.2) is 54.1 Å². The smallest absolute Gasteiger partial charge is 0.321 e. The zero-order chi connectivity index (χ0) is 15.2. The van der Waals surface area contributed by atoms with Crippen LogP contribution in [0.2, 0.25) is 0 Å². The number of hydrogen-bond donors (Lipinski definition) is 0. The summed E-state index contributed by atoms with van der Waals surface area (Å²) in [6, 6.07) is 10.2. The normalized spacial score (nSPS) is 10.0. The fourth-order valence-electron chi connectivity index (χ4n) is 1.87. The summed E-state index contributed by atoms with van der Waals surface area (Å²) < 4.78 is 0. The highest BCUT2D eigenvalue weighted by atomic mass is 16.3. The van der Waals surface area contributed by atoms with Crippen LogP contribution in [-0.4, -0.2) is 23.0 Å². The Bertz CT molecular complexity index is 613. The molecule has 1 heterocycles. The van der Waals surface area contributed by atoms with E-state index in [1.54, 1.807) is 37.6 Å². The summed E-state index contributed by atoms with van der Waals surface area (Å²) >= 11 is 0. The van der Waals surface area contributed by atoms with Crippen LogP contribution in [0.4, 0.5) is 10.5 Å². The molecule has 0 radical (unpaired) electrons. The second kappa shape index (κ2) is 6.60. The third kappa shape index (κ3) is 3.62. The van der Waals surface area contributed by atoms with E-state index in [9.17, 15) is 9.70 Å². The maximum atomic E-state index is 12.3. The monoisotopic (exact) mass is 284 g/mol. The third-order valence-corrected chi connectivity index (χ3v) is 3.01. The first-order valence-electron chi connectivity index (χ1n) is 6.46. The lowest BCUT2D eigenvalue weighted by molar-refractivity contribution is 0.213. The van der Waals surface area contributed by atoms with Gasteiger partial charge in [-0.3, -0.25) is 4.98 Å². The number of carbonyl (C=O) groups is 1. The van der Waals surface area contributed by atoms with Gasteiger partial charge in [-0.05, 0) is 30.7 Å². The predicted molar refractivity (Wildman–Crippen MR) is 80.6 cm³/mol. The van der Waals surface area contributed by atoms with Crippen molar-refractivity contribution in [3.05, 3.63) is 64.8 Å². The van der Waals surface area contributed by atoms with E-state index in [4.69, 9.17) is 0 Å². The number of carbonyl (C=O) groups excluding carboxylic acids is 1. The Labute approximate surface area is 123 Å². The molecule has 1 aromatic heterocycles. The molecule has 108 valence electrons. The minimum Gasteiger partial charge on any atom is -0.321 e. The molecule has 0 saturated heterocycles. The molecule has 0 unspecified atom stereocenters. The summed E-state index contributed by atoms with van der Waals surface area (Å²) in [5.41, 5.74) is 2.36. The van der Waals surface area contributed by atoms with Crippen molar-refractivity contribution in [2.75, 3.05) is 12.1 Å². The number of hydrogen-bond acceptors (Lipinski definition) is 4. The van der Waals surface area contributed by atoms with Crippen LogP contribution in [-0.2, 0) is 6.54 Å². The Morgan fingerprint density at radius 2 is 1.95 bits per heavy atom. The third-order valence-electron chi connectivity index (χ3n) is 3.01. The zero-order valence-electron chi connectivity index (χ0n) is 11.9. The lowest BCUT2D eigenvalue weighted by Crippen LogP contribution is -2.37. The highest BCUT2D eigenvalue weighted by Crippen LogP contribution is 2.17. The Balaban J connectivity index is 2.12. The maximum absolute atomic E-state index is 12.3. The van der Waals surface area contributed by atoms with Gasteiger partial charge in [0.1, 0.15) is 0 Å². The Morgan fingerprint density at radius 1 is 1.24 bits per heavy atom. The topological polar surface area (TPSA) is 65.9 Å². The van der Waals surface area contributed by atoms with Crippen molar-refractivity contribution in [3.8, 4) is 0 Å². The summed E-state index contributed by atoms with van der Waals surface area (Å²) in [5, 5.41) is 3.67. The second-order valence-electron chi connectivity index (χ2n) is 4.73. The van der Waals surface area contributed by atoms with Crippen molar-refractivity contribution in [1.82, 2.24) is 9.88 Å². The molecule has 6 nitrogen and oxygen atoms in total. The van der Waals surface area contributed by atoms with Crippen LogP contribution < -0.4 is 5.01 Å². The molecule has 2 amide bonds. The Morgan fingerprint density at radius 3 is 2.52 bits per heavy atom.